The first-order valence-electron chi connectivity index (χ1n) is 11.7. The zero-order valence-corrected chi connectivity index (χ0v) is 20.7. The Bertz CT molecular complexity index is 1030. The molecule has 0 bridgehead atoms. The molecule has 3 rings (SSSR count). The van der Waals surface area contributed by atoms with E-state index >= 15 is 0 Å². The van der Waals surface area contributed by atoms with Gasteiger partial charge in [0, 0.05) is 51.5 Å². The summed E-state index contributed by atoms with van der Waals surface area (Å²) in [5.74, 6) is -0.0346. The van der Waals surface area contributed by atoms with Gasteiger partial charge in [-0.25, -0.2) is 4.98 Å². The average molecular weight is 487 g/mol. The molecule has 1 aliphatic heterocycles. The first-order chi connectivity index (χ1) is 16.8. The molecule has 3 N–H and O–H groups in total. The Balaban J connectivity index is 1.76. The van der Waals surface area contributed by atoms with E-state index in [4.69, 9.17) is 19.9 Å². The van der Waals surface area contributed by atoms with E-state index in [1.54, 1.807) is 20.3 Å². The first-order valence-corrected chi connectivity index (χ1v) is 11.7. The van der Waals surface area contributed by atoms with Gasteiger partial charge >= 0.3 is 6.01 Å². The molecule has 0 unspecified atom stereocenters. The van der Waals surface area contributed by atoms with Crippen molar-refractivity contribution in [3.05, 3.63) is 40.8 Å². The Hall–Kier alpha value is -3.31. The molecule has 2 aromatic heterocycles. The molecule has 1 saturated heterocycles. The molecule has 0 aromatic carbocycles. The average Bonchev–Trinajstić information content (AvgIpc) is 2.84. The van der Waals surface area contributed by atoms with Gasteiger partial charge in [0.2, 0.25) is 0 Å². The molecule has 3 heterocycles. The van der Waals surface area contributed by atoms with Gasteiger partial charge in [-0.1, -0.05) is 6.07 Å². The lowest BCUT2D eigenvalue weighted by Gasteiger charge is -2.33. The van der Waals surface area contributed by atoms with E-state index in [9.17, 15) is 9.59 Å². The predicted octanol–water partition coefficient (Wildman–Crippen LogP) is 1.45. The van der Waals surface area contributed by atoms with Gasteiger partial charge in [0.1, 0.15) is 23.3 Å². The van der Waals surface area contributed by atoms with Gasteiger partial charge in [0.25, 0.3) is 11.8 Å². The number of piperidine rings is 1. The molecule has 11 heteroatoms. The molecule has 1 atom stereocenters. The molecular formula is C24H34N6O5. The van der Waals surface area contributed by atoms with Gasteiger partial charge in [0.05, 0.1) is 13.2 Å². The van der Waals surface area contributed by atoms with Crippen LogP contribution in [0.25, 0.3) is 0 Å². The van der Waals surface area contributed by atoms with Crippen LogP contribution in [0, 0.1) is 6.92 Å². The summed E-state index contributed by atoms with van der Waals surface area (Å²) < 4.78 is 15.9. The van der Waals surface area contributed by atoms with Crippen LogP contribution in [0.1, 0.15) is 57.9 Å². The highest BCUT2D eigenvalue weighted by Crippen LogP contribution is 2.30. The molecule has 0 saturated carbocycles. The Morgan fingerprint density at radius 2 is 1.91 bits per heavy atom. The zero-order chi connectivity index (χ0) is 25.4. The maximum absolute atomic E-state index is 12.7. The third kappa shape index (κ3) is 7.09. The smallest absolute Gasteiger partial charge is 0.319 e. The van der Waals surface area contributed by atoms with Crippen molar-refractivity contribution in [3.8, 4) is 6.01 Å². The quantitative estimate of drug-likeness (QED) is 0.451. The summed E-state index contributed by atoms with van der Waals surface area (Å²) in [6, 6.07) is 5.64. The van der Waals surface area contributed by atoms with Gasteiger partial charge in [-0.3, -0.25) is 9.59 Å². The number of carbonyl (C=O) groups is 2. The molecule has 1 aliphatic rings. The molecule has 11 nitrogen and oxygen atoms in total. The van der Waals surface area contributed by atoms with Crippen LogP contribution in [-0.4, -0.2) is 79.9 Å². The first kappa shape index (κ1) is 26.3. The van der Waals surface area contributed by atoms with Crippen molar-refractivity contribution in [3.63, 3.8) is 0 Å². The van der Waals surface area contributed by atoms with Gasteiger partial charge in [-0.2, -0.15) is 9.97 Å². The van der Waals surface area contributed by atoms with Crippen molar-refractivity contribution < 1.29 is 23.8 Å². The minimum Gasteiger partial charge on any atom is -0.458 e. The van der Waals surface area contributed by atoms with E-state index in [0.717, 1.165) is 24.1 Å². The molecule has 0 aliphatic carbocycles. The van der Waals surface area contributed by atoms with Crippen LogP contribution >= 0.6 is 0 Å². The summed E-state index contributed by atoms with van der Waals surface area (Å²) in [7, 11) is 3.16. The number of carbonyl (C=O) groups excluding carboxylic acids is 2. The lowest BCUT2D eigenvalue weighted by atomic mass is 9.92. The highest BCUT2D eigenvalue weighted by atomic mass is 16.5. The molecular weight excluding hydrogens is 452 g/mol. The number of ether oxygens (including phenoxy) is 3. The van der Waals surface area contributed by atoms with Crippen LogP contribution in [0.4, 0.5) is 5.82 Å². The number of anilines is 1. The van der Waals surface area contributed by atoms with Crippen molar-refractivity contribution >= 4 is 17.6 Å². The molecule has 190 valence electrons. The highest BCUT2D eigenvalue weighted by Gasteiger charge is 2.25. The number of nitrogens with zero attached hydrogens (tertiary/aromatic N) is 4. The van der Waals surface area contributed by atoms with Crippen molar-refractivity contribution in [2.45, 2.75) is 38.7 Å². The maximum Gasteiger partial charge on any atom is 0.319 e. The summed E-state index contributed by atoms with van der Waals surface area (Å²) >= 11 is 0. The third-order valence-corrected chi connectivity index (χ3v) is 5.81. The predicted molar refractivity (Wildman–Crippen MR) is 130 cm³/mol. The normalized spacial score (nSPS) is 15.0. The fraction of sp³-hybridized carbons (Fsp3) is 0.542. The van der Waals surface area contributed by atoms with Crippen LogP contribution in [-0.2, 0) is 9.47 Å². The van der Waals surface area contributed by atoms with E-state index in [1.165, 1.54) is 0 Å². The van der Waals surface area contributed by atoms with Crippen LogP contribution in [0.2, 0.25) is 0 Å². The van der Waals surface area contributed by atoms with Crippen molar-refractivity contribution in [2.75, 3.05) is 52.0 Å². The van der Waals surface area contributed by atoms with E-state index < -0.39 is 5.91 Å². The van der Waals surface area contributed by atoms with Crippen LogP contribution in [0.15, 0.2) is 18.2 Å². The molecule has 35 heavy (non-hydrogen) atoms. The number of aromatic nitrogens is 3. The maximum atomic E-state index is 12.7. The Morgan fingerprint density at radius 1 is 1.17 bits per heavy atom. The summed E-state index contributed by atoms with van der Waals surface area (Å²) in [6.07, 6.45) is 1.34. The van der Waals surface area contributed by atoms with Gasteiger partial charge in [-0.15, -0.1) is 0 Å². The minimum atomic E-state index is -0.519. The number of amides is 2. The second-order valence-electron chi connectivity index (χ2n) is 8.55. The number of hydrogen-bond acceptors (Lipinski definition) is 9. The minimum absolute atomic E-state index is 0.123. The van der Waals surface area contributed by atoms with E-state index in [0.29, 0.717) is 44.4 Å². The van der Waals surface area contributed by atoms with Crippen LogP contribution in [0.5, 0.6) is 6.01 Å². The zero-order valence-electron chi connectivity index (χ0n) is 20.7. The second-order valence-corrected chi connectivity index (χ2v) is 8.55. The third-order valence-electron chi connectivity index (χ3n) is 5.81. The summed E-state index contributed by atoms with van der Waals surface area (Å²) in [4.78, 5) is 39.8. The lowest BCUT2D eigenvalue weighted by Crippen LogP contribution is -2.35. The summed E-state index contributed by atoms with van der Waals surface area (Å²) in [5.41, 5.74) is 7.64. The monoisotopic (exact) mass is 486 g/mol. The second kappa shape index (κ2) is 12.4. The van der Waals surface area contributed by atoms with E-state index in [1.807, 2.05) is 26.0 Å². The Labute approximate surface area is 205 Å². The van der Waals surface area contributed by atoms with Crippen molar-refractivity contribution in [1.82, 2.24) is 20.3 Å². The van der Waals surface area contributed by atoms with Crippen molar-refractivity contribution in [2.24, 2.45) is 5.73 Å². The topological polar surface area (TPSA) is 142 Å². The Morgan fingerprint density at radius 3 is 2.57 bits per heavy atom. The summed E-state index contributed by atoms with van der Waals surface area (Å²) in [6.45, 7) is 6.19. The van der Waals surface area contributed by atoms with Gasteiger partial charge in [0.15, 0.2) is 0 Å². The number of nitrogens with two attached hydrogens (primary N) is 1. The van der Waals surface area contributed by atoms with Crippen LogP contribution < -0.4 is 20.7 Å². The SMILES string of the molecule is COCCNC(=O)c1cc(N2CCC(c3ccc(C)c(C(N)=O)n3)CC2)nc(O[C@H](C)COC)n1. The summed E-state index contributed by atoms with van der Waals surface area (Å²) in [5, 5.41) is 2.78. The van der Waals surface area contributed by atoms with Gasteiger partial charge in [-0.05, 0) is 38.3 Å². The van der Waals surface area contributed by atoms with E-state index in [-0.39, 0.29) is 29.6 Å². The highest BCUT2D eigenvalue weighted by molar-refractivity contribution is 5.93. The molecule has 2 amide bonds. The molecule has 0 radical (unpaired) electrons. The standard InChI is InChI=1S/C24H34N6O5/c1-15-5-6-18(27-21(15)22(25)31)17-7-10-30(11-8-17)20-13-19(23(32)26-9-12-33-3)28-24(29-20)35-16(2)14-34-4/h5-6,13,16-17H,7-12,14H2,1-4H3,(H2,25,31)(H,26,32)/t16-/m1/s1. The number of rotatable bonds is 11. The van der Waals surface area contributed by atoms with Gasteiger partial charge < -0.3 is 30.2 Å². The largest absolute Gasteiger partial charge is 0.458 e. The number of hydrogen-bond donors (Lipinski definition) is 2. The fourth-order valence-corrected chi connectivity index (χ4v) is 3.97. The Kier molecular flexibility index (Phi) is 9.32. The molecule has 1 fully saturated rings. The lowest BCUT2D eigenvalue weighted by molar-refractivity contribution is 0.0841. The molecule has 0 spiro atoms. The van der Waals surface area contributed by atoms with E-state index in [2.05, 4.69) is 25.2 Å². The number of methoxy groups -OCH3 is 2. The fourth-order valence-electron chi connectivity index (χ4n) is 3.97. The van der Waals surface area contributed by atoms with Crippen molar-refractivity contribution in [1.29, 1.82) is 0 Å². The number of nitrogens with one attached hydrogen (secondary N) is 1. The number of aryl methyl sites for hydroxylation is 1. The van der Waals surface area contributed by atoms with Crippen LogP contribution in [0.3, 0.4) is 0 Å². The number of pyridine rings is 1. The number of primary amides is 1. The molecule has 2 aromatic rings.